The Bertz CT molecular complexity index is 1610. The molecule has 0 bridgehead atoms. The number of aromatic nitrogens is 2. The van der Waals surface area contributed by atoms with Crippen LogP contribution in [0.3, 0.4) is 0 Å². The van der Waals surface area contributed by atoms with Crippen molar-refractivity contribution in [2.24, 2.45) is 5.14 Å². The van der Waals surface area contributed by atoms with Gasteiger partial charge in [0.2, 0.25) is 10.0 Å². The van der Waals surface area contributed by atoms with Gasteiger partial charge in [-0.2, -0.15) is 0 Å². The Kier molecular flexibility index (Phi) is 8.65. The number of methoxy groups -OCH3 is 1. The maximum absolute atomic E-state index is 13.9. The van der Waals surface area contributed by atoms with Crippen LogP contribution >= 0.6 is 12.4 Å². The fourth-order valence-corrected chi connectivity index (χ4v) is 5.43. The van der Waals surface area contributed by atoms with E-state index in [9.17, 15) is 17.2 Å². The fraction of sp³-hybridized carbons (Fsp3) is 0.259. The van der Waals surface area contributed by atoms with E-state index in [1.165, 1.54) is 13.2 Å². The first kappa shape index (κ1) is 28.6. The summed E-state index contributed by atoms with van der Waals surface area (Å²) in [6, 6.07) is 16.3. The lowest BCUT2D eigenvalue weighted by Crippen LogP contribution is -2.28. The number of benzene rings is 3. The highest BCUT2D eigenvalue weighted by Crippen LogP contribution is 2.28. The molecule has 12 heteroatoms. The molecule has 1 fully saturated rings. The molecule has 5 rings (SSSR count). The maximum Gasteiger partial charge on any atom is 0.241 e. The van der Waals surface area contributed by atoms with Crippen LogP contribution < -0.4 is 15.2 Å². The minimum Gasteiger partial charge on any atom is -0.495 e. The van der Waals surface area contributed by atoms with E-state index in [0.717, 1.165) is 49.1 Å². The molecule has 1 aromatic heterocycles. The number of sulfonamides is 1. The number of hydrogen-bond acceptors (Lipinski definition) is 7. The summed E-state index contributed by atoms with van der Waals surface area (Å²) in [7, 11) is -2.49. The van der Waals surface area contributed by atoms with Gasteiger partial charge in [-0.1, -0.05) is 18.2 Å². The number of primary sulfonamides is 1. The zero-order chi connectivity index (χ0) is 26.9. The van der Waals surface area contributed by atoms with Crippen LogP contribution in [0.1, 0.15) is 12.0 Å². The number of hydrogen-bond donors (Lipinski definition) is 2. The Morgan fingerprint density at radius 2 is 1.87 bits per heavy atom. The number of nitrogens with one attached hydrogen (secondary N) is 1. The molecule has 3 N–H and O–H groups in total. The Balaban J connectivity index is 0.00000353. The largest absolute Gasteiger partial charge is 0.495 e. The molecular formula is C27H28ClF2N5O3S. The highest BCUT2D eigenvalue weighted by molar-refractivity contribution is 7.89. The van der Waals surface area contributed by atoms with E-state index >= 15 is 0 Å². The van der Waals surface area contributed by atoms with E-state index in [1.54, 1.807) is 12.1 Å². The quantitative estimate of drug-likeness (QED) is 0.321. The summed E-state index contributed by atoms with van der Waals surface area (Å²) in [6.07, 6.45) is 1.53. The third-order valence-corrected chi connectivity index (χ3v) is 7.58. The third-order valence-electron chi connectivity index (χ3n) is 6.65. The molecule has 0 saturated carbocycles. The monoisotopic (exact) mass is 575 g/mol. The van der Waals surface area contributed by atoms with Gasteiger partial charge in [0.25, 0.3) is 0 Å². The van der Waals surface area contributed by atoms with Gasteiger partial charge in [-0.05, 0) is 60.9 Å². The van der Waals surface area contributed by atoms with Crippen LogP contribution in [-0.4, -0.2) is 56.1 Å². The Morgan fingerprint density at radius 1 is 1.08 bits per heavy atom. The van der Waals surface area contributed by atoms with E-state index in [-0.39, 0.29) is 29.1 Å². The molecule has 3 aromatic carbocycles. The molecule has 1 atom stereocenters. The van der Waals surface area contributed by atoms with Gasteiger partial charge in [-0.25, -0.2) is 32.3 Å². The third kappa shape index (κ3) is 6.44. The maximum atomic E-state index is 13.9. The average Bonchev–Trinajstić information content (AvgIpc) is 3.35. The number of rotatable bonds is 8. The van der Waals surface area contributed by atoms with E-state index in [1.807, 2.05) is 30.3 Å². The van der Waals surface area contributed by atoms with Crippen LogP contribution in [0.4, 0.5) is 14.6 Å². The van der Waals surface area contributed by atoms with Crippen LogP contribution in [0.15, 0.2) is 65.6 Å². The summed E-state index contributed by atoms with van der Waals surface area (Å²) in [5.41, 5.74) is 1.94. The van der Waals surface area contributed by atoms with Gasteiger partial charge >= 0.3 is 0 Å². The van der Waals surface area contributed by atoms with Gasteiger partial charge in [-0.3, -0.25) is 0 Å². The van der Waals surface area contributed by atoms with Gasteiger partial charge < -0.3 is 15.0 Å². The predicted octanol–water partition coefficient (Wildman–Crippen LogP) is 4.38. The summed E-state index contributed by atoms with van der Waals surface area (Å²) in [5, 5.41) is 9.70. The van der Waals surface area contributed by atoms with Crippen molar-refractivity contribution < 1.29 is 21.9 Å². The Hall–Kier alpha value is -3.38. The first-order valence-electron chi connectivity index (χ1n) is 12.1. The molecule has 206 valence electrons. The van der Waals surface area contributed by atoms with Crippen molar-refractivity contribution in [2.45, 2.75) is 23.8 Å². The van der Waals surface area contributed by atoms with Crippen molar-refractivity contribution in [1.29, 1.82) is 0 Å². The molecule has 0 amide bonds. The number of para-hydroxylation sites is 1. The summed E-state index contributed by atoms with van der Waals surface area (Å²) in [6.45, 7) is 2.35. The number of fused-ring (bicyclic) bond motifs is 1. The van der Waals surface area contributed by atoms with Crippen LogP contribution in [-0.2, 0) is 16.4 Å². The highest BCUT2D eigenvalue weighted by Gasteiger charge is 2.24. The van der Waals surface area contributed by atoms with Gasteiger partial charge in [0.05, 0.1) is 12.6 Å². The molecule has 1 saturated heterocycles. The second kappa shape index (κ2) is 11.8. The average molecular weight is 576 g/mol. The molecule has 1 aliphatic rings. The van der Waals surface area contributed by atoms with Crippen LogP contribution in [0.5, 0.6) is 5.75 Å². The van der Waals surface area contributed by atoms with Crippen LogP contribution in [0.2, 0.25) is 0 Å². The van der Waals surface area contributed by atoms with Crippen LogP contribution in [0, 0.1) is 11.6 Å². The number of likely N-dealkylation sites (tertiary alicyclic amines) is 1. The first-order valence-corrected chi connectivity index (χ1v) is 13.7. The van der Waals surface area contributed by atoms with Gasteiger partial charge in [0.1, 0.15) is 16.5 Å². The number of halogens is 3. The lowest BCUT2D eigenvalue weighted by Gasteiger charge is -2.18. The number of anilines is 1. The van der Waals surface area contributed by atoms with Crippen molar-refractivity contribution >= 4 is 39.2 Å². The molecule has 0 unspecified atom stereocenters. The number of ether oxygens (including phenoxy) is 1. The van der Waals surface area contributed by atoms with Crippen molar-refractivity contribution in [3.05, 3.63) is 77.9 Å². The molecule has 0 spiro atoms. The first-order chi connectivity index (χ1) is 18.2. The van der Waals surface area contributed by atoms with E-state index < -0.39 is 21.7 Å². The zero-order valence-corrected chi connectivity index (χ0v) is 22.7. The summed E-state index contributed by atoms with van der Waals surface area (Å²) < 4.78 is 56.3. The van der Waals surface area contributed by atoms with Gasteiger partial charge in [0.15, 0.2) is 17.5 Å². The summed E-state index contributed by atoms with van der Waals surface area (Å²) in [4.78, 5) is 11.5. The molecule has 2 heterocycles. The Morgan fingerprint density at radius 3 is 2.62 bits per heavy atom. The van der Waals surface area contributed by atoms with Crippen LogP contribution in [0.25, 0.3) is 22.3 Å². The summed E-state index contributed by atoms with van der Waals surface area (Å²) in [5.74, 6) is -0.704. The molecule has 0 aliphatic carbocycles. The molecule has 1 aliphatic heterocycles. The normalized spacial score (nSPS) is 15.7. The van der Waals surface area contributed by atoms with Crippen molar-refractivity contribution in [2.75, 3.05) is 32.1 Å². The zero-order valence-electron chi connectivity index (χ0n) is 21.1. The SMILES string of the molecule is COc1ccc(CCN2CC[C@H](Nc3nc(-c4ccc(F)c(F)c4)nc4ccccc34)C2)cc1S(N)(=O)=O.Cl. The van der Waals surface area contributed by atoms with E-state index in [4.69, 9.17) is 9.88 Å². The molecular weight excluding hydrogens is 548 g/mol. The smallest absolute Gasteiger partial charge is 0.241 e. The Labute approximate surface area is 231 Å². The summed E-state index contributed by atoms with van der Waals surface area (Å²) >= 11 is 0. The lowest BCUT2D eigenvalue weighted by atomic mass is 10.1. The predicted molar refractivity (Wildman–Crippen MR) is 149 cm³/mol. The van der Waals surface area contributed by atoms with Crippen molar-refractivity contribution in [3.63, 3.8) is 0 Å². The second-order valence-corrected chi connectivity index (χ2v) is 10.8. The van der Waals surface area contributed by atoms with Crippen molar-refractivity contribution in [3.8, 4) is 17.1 Å². The molecule has 0 radical (unpaired) electrons. The topological polar surface area (TPSA) is 110 Å². The minimum atomic E-state index is -3.90. The number of nitrogens with two attached hydrogens (primary N) is 1. The second-order valence-electron chi connectivity index (χ2n) is 9.25. The van der Waals surface area contributed by atoms with Gasteiger partial charge in [-0.15, -0.1) is 12.4 Å². The van der Waals surface area contributed by atoms with Gasteiger partial charge in [0, 0.05) is 36.6 Å². The van der Waals surface area contributed by atoms with E-state index in [0.29, 0.717) is 29.1 Å². The highest BCUT2D eigenvalue weighted by atomic mass is 35.5. The fourth-order valence-electron chi connectivity index (χ4n) is 4.68. The molecule has 8 nitrogen and oxygen atoms in total. The van der Waals surface area contributed by atoms with Crippen molar-refractivity contribution in [1.82, 2.24) is 14.9 Å². The molecule has 39 heavy (non-hydrogen) atoms. The standard InChI is InChI=1S/C27H27F2N5O3S.ClH/c1-37-24-9-6-17(14-25(24)38(30,35)36)10-12-34-13-11-19(16-34)31-27-20-4-2-3-5-23(20)32-26(33-27)18-7-8-21(28)22(29)15-18;/h2-9,14-15,19H,10-13,16H2,1H3,(H2,30,35,36)(H,31,32,33);1H/t19-;/m0./s1. The minimum absolute atomic E-state index is 0. The van der Waals surface area contributed by atoms with E-state index in [2.05, 4.69) is 20.2 Å². The molecule has 4 aromatic rings. The number of nitrogens with zero attached hydrogens (tertiary/aromatic N) is 3. The lowest BCUT2D eigenvalue weighted by molar-refractivity contribution is 0.340.